The summed E-state index contributed by atoms with van der Waals surface area (Å²) in [5.74, 6) is 0.956. The highest BCUT2D eigenvalue weighted by Gasteiger charge is 2.21. The molecular weight excluding hydrogens is 544 g/mol. The minimum atomic E-state index is 0.956. The number of aromatic nitrogens is 2. The van der Waals surface area contributed by atoms with E-state index in [4.69, 9.17) is 4.98 Å². The number of para-hydroxylation sites is 2. The van der Waals surface area contributed by atoms with Gasteiger partial charge in [0, 0.05) is 11.3 Å². The van der Waals surface area contributed by atoms with Gasteiger partial charge in [-0.2, -0.15) is 0 Å². The van der Waals surface area contributed by atoms with Gasteiger partial charge in [0.05, 0.1) is 11.0 Å². The lowest BCUT2D eigenvalue weighted by Gasteiger charge is -2.24. The van der Waals surface area contributed by atoms with Crippen LogP contribution in [0.25, 0.3) is 66.4 Å². The molecule has 2 aliphatic carbocycles. The van der Waals surface area contributed by atoms with Gasteiger partial charge in [-0.3, -0.25) is 4.57 Å². The minimum absolute atomic E-state index is 0.956. The topological polar surface area (TPSA) is 17.8 Å². The van der Waals surface area contributed by atoms with Gasteiger partial charge in [-0.25, -0.2) is 4.98 Å². The van der Waals surface area contributed by atoms with Gasteiger partial charge in [-0.1, -0.05) is 121 Å². The van der Waals surface area contributed by atoms with E-state index in [1.165, 1.54) is 55.0 Å². The number of benzene rings is 6. The normalized spacial score (nSPS) is 14.7. The van der Waals surface area contributed by atoms with Crippen LogP contribution in [0.1, 0.15) is 31.2 Å². The van der Waals surface area contributed by atoms with E-state index < -0.39 is 0 Å². The third-order valence-corrected chi connectivity index (χ3v) is 9.58. The minimum Gasteiger partial charge on any atom is -0.292 e. The Bertz CT molecular complexity index is 2290. The van der Waals surface area contributed by atoms with Crippen LogP contribution in [-0.2, 0) is 0 Å². The fourth-order valence-electron chi connectivity index (χ4n) is 7.52. The molecule has 0 spiro atoms. The zero-order valence-electron chi connectivity index (χ0n) is 25.1. The Morgan fingerprint density at radius 1 is 0.511 bits per heavy atom. The maximum absolute atomic E-state index is 5.05. The lowest BCUT2D eigenvalue weighted by Crippen LogP contribution is -2.02. The van der Waals surface area contributed by atoms with E-state index in [0.717, 1.165) is 53.8 Å². The summed E-state index contributed by atoms with van der Waals surface area (Å²) in [6, 6.07) is 46.0. The van der Waals surface area contributed by atoms with Crippen LogP contribution in [0.5, 0.6) is 0 Å². The summed E-state index contributed by atoms with van der Waals surface area (Å²) in [6.45, 7) is 0. The Balaban J connectivity index is 1.23. The molecule has 1 aromatic heterocycles. The number of hydrogen-bond donors (Lipinski definition) is 0. The molecule has 0 bridgehead atoms. The lowest BCUT2D eigenvalue weighted by atomic mass is 9.80. The van der Waals surface area contributed by atoms with Crippen molar-refractivity contribution in [1.82, 2.24) is 9.55 Å². The van der Waals surface area contributed by atoms with Crippen molar-refractivity contribution in [1.29, 1.82) is 0 Å². The molecule has 0 unspecified atom stereocenters. The number of rotatable bonds is 4. The third-order valence-electron chi connectivity index (χ3n) is 9.58. The molecule has 0 saturated heterocycles. The summed E-state index contributed by atoms with van der Waals surface area (Å²) in [6.07, 6.45) is 11.7. The SMILES string of the molecule is C1=CC2=C(C=C(c3c4ccccc4c(-c4ccc(-n5c(-c6ccccc6)nc6ccccc65)cc4)c4ccccc34)CC2)CC1. The summed E-state index contributed by atoms with van der Waals surface area (Å²) >= 11 is 0. The summed E-state index contributed by atoms with van der Waals surface area (Å²) in [5, 5.41) is 5.29. The van der Waals surface area contributed by atoms with E-state index in [0.29, 0.717) is 0 Å². The van der Waals surface area contributed by atoms with Crippen molar-refractivity contribution in [2.45, 2.75) is 25.7 Å². The summed E-state index contributed by atoms with van der Waals surface area (Å²) in [5.41, 5.74) is 12.8. The molecule has 2 nitrogen and oxygen atoms in total. The van der Waals surface area contributed by atoms with Crippen LogP contribution in [-0.4, -0.2) is 9.55 Å². The molecule has 0 fully saturated rings. The first-order chi connectivity index (χ1) is 22.3. The van der Waals surface area contributed by atoms with Crippen LogP contribution in [0.15, 0.2) is 157 Å². The Labute approximate surface area is 263 Å². The van der Waals surface area contributed by atoms with E-state index in [1.807, 2.05) is 0 Å². The van der Waals surface area contributed by atoms with E-state index in [1.54, 1.807) is 0 Å². The molecule has 2 aliphatic rings. The van der Waals surface area contributed by atoms with Crippen molar-refractivity contribution in [3.8, 4) is 28.2 Å². The van der Waals surface area contributed by atoms with E-state index in [2.05, 4.69) is 150 Å². The number of imidazole rings is 1. The van der Waals surface area contributed by atoms with Crippen LogP contribution in [0.4, 0.5) is 0 Å². The molecule has 2 heteroatoms. The van der Waals surface area contributed by atoms with Gasteiger partial charge in [0.15, 0.2) is 0 Å². The van der Waals surface area contributed by atoms with Crippen molar-refractivity contribution < 1.29 is 0 Å². The zero-order chi connectivity index (χ0) is 29.7. The fourth-order valence-corrected chi connectivity index (χ4v) is 7.52. The van der Waals surface area contributed by atoms with Crippen LogP contribution in [0.3, 0.4) is 0 Å². The molecule has 7 aromatic rings. The van der Waals surface area contributed by atoms with Gasteiger partial charge in [0.2, 0.25) is 0 Å². The highest BCUT2D eigenvalue weighted by molar-refractivity contribution is 6.19. The molecule has 0 aliphatic heterocycles. The number of fused-ring (bicyclic) bond motifs is 3. The van der Waals surface area contributed by atoms with Gasteiger partial charge in [-0.15, -0.1) is 0 Å². The first-order valence-electron chi connectivity index (χ1n) is 16.0. The molecule has 0 radical (unpaired) electrons. The molecule has 214 valence electrons. The van der Waals surface area contributed by atoms with Gasteiger partial charge in [0.1, 0.15) is 5.82 Å². The molecule has 0 saturated carbocycles. The largest absolute Gasteiger partial charge is 0.292 e. The summed E-state index contributed by atoms with van der Waals surface area (Å²) < 4.78 is 2.28. The van der Waals surface area contributed by atoms with Gasteiger partial charge in [0.25, 0.3) is 0 Å². The first kappa shape index (κ1) is 26.0. The standard InChI is InChI=1S/C43H32N2/c1-2-13-31(14-3-1)43-44-39-20-10-11-21-40(39)45(43)34-26-24-30(25-27-34)41-35-16-6-8-18-37(35)42(38-19-9-7-17-36(38)41)33-23-22-29-12-4-5-15-32(29)28-33/h1-4,6-14,16-21,24-28H,5,15,22-23H2. The second kappa shape index (κ2) is 10.6. The van der Waals surface area contributed by atoms with Gasteiger partial charge in [-0.05, 0) is 105 Å². The van der Waals surface area contributed by atoms with Crippen LogP contribution < -0.4 is 0 Å². The second-order valence-electron chi connectivity index (χ2n) is 12.2. The average Bonchev–Trinajstić information content (AvgIpc) is 3.51. The summed E-state index contributed by atoms with van der Waals surface area (Å²) in [7, 11) is 0. The fraction of sp³-hybridized carbons (Fsp3) is 0.0930. The quantitative estimate of drug-likeness (QED) is 0.191. The maximum Gasteiger partial charge on any atom is 0.145 e. The Hall–Kier alpha value is -5.47. The monoisotopic (exact) mass is 576 g/mol. The predicted molar refractivity (Wildman–Crippen MR) is 190 cm³/mol. The van der Waals surface area contributed by atoms with E-state index >= 15 is 0 Å². The molecule has 1 heterocycles. The van der Waals surface area contributed by atoms with Gasteiger partial charge >= 0.3 is 0 Å². The Morgan fingerprint density at radius 3 is 1.89 bits per heavy atom. The molecule has 9 rings (SSSR count). The van der Waals surface area contributed by atoms with E-state index in [-0.39, 0.29) is 0 Å². The Morgan fingerprint density at radius 2 is 1.16 bits per heavy atom. The third kappa shape index (κ3) is 4.29. The average molecular weight is 577 g/mol. The van der Waals surface area contributed by atoms with Crippen molar-refractivity contribution in [2.75, 3.05) is 0 Å². The zero-order valence-corrected chi connectivity index (χ0v) is 25.1. The number of nitrogens with zero attached hydrogens (tertiary/aromatic N) is 2. The molecule has 6 aromatic carbocycles. The number of hydrogen-bond acceptors (Lipinski definition) is 1. The van der Waals surface area contributed by atoms with E-state index in [9.17, 15) is 0 Å². The highest BCUT2D eigenvalue weighted by Crippen LogP contribution is 2.45. The van der Waals surface area contributed by atoms with Crippen LogP contribution in [0, 0.1) is 0 Å². The van der Waals surface area contributed by atoms with Crippen molar-refractivity contribution in [3.05, 3.63) is 162 Å². The molecule has 0 N–H and O–H groups in total. The van der Waals surface area contributed by atoms with Crippen LogP contribution in [0.2, 0.25) is 0 Å². The highest BCUT2D eigenvalue weighted by atomic mass is 15.1. The Kier molecular flexibility index (Phi) is 6.12. The smallest absolute Gasteiger partial charge is 0.145 e. The first-order valence-corrected chi connectivity index (χ1v) is 16.0. The molecule has 45 heavy (non-hydrogen) atoms. The molecule has 0 atom stereocenters. The molecule has 0 amide bonds. The second-order valence-corrected chi connectivity index (χ2v) is 12.2. The van der Waals surface area contributed by atoms with Crippen molar-refractivity contribution in [2.24, 2.45) is 0 Å². The van der Waals surface area contributed by atoms with Crippen molar-refractivity contribution in [3.63, 3.8) is 0 Å². The molecular formula is C43H32N2. The maximum atomic E-state index is 5.05. The summed E-state index contributed by atoms with van der Waals surface area (Å²) in [4.78, 5) is 5.05. The van der Waals surface area contributed by atoms with Crippen LogP contribution >= 0.6 is 0 Å². The lowest BCUT2D eigenvalue weighted by molar-refractivity contribution is 0.895. The van der Waals surface area contributed by atoms with Crippen molar-refractivity contribution >= 4 is 38.2 Å². The number of allylic oxidation sites excluding steroid dienone is 6. The predicted octanol–water partition coefficient (Wildman–Crippen LogP) is 11.5. The van der Waals surface area contributed by atoms with Gasteiger partial charge < -0.3 is 0 Å².